The number of aryl methyl sites for hydroxylation is 1. The van der Waals surface area contributed by atoms with Crippen molar-refractivity contribution in [1.82, 2.24) is 0 Å². The minimum Gasteiger partial charge on any atom is -0.495 e. The smallest absolute Gasteiger partial charge is 0.416 e. The Labute approximate surface area is 229 Å². The number of benzene rings is 3. The number of aliphatic hydroxyl groups is 1. The number of halogens is 3. The van der Waals surface area contributed by atoms with Gasteiger partial charge in [-0.1, -0.05) is 20.8 Å². The summed E-state index contributed by atoms with van der Waals surface area (Å²) >= 11 is 0. The summed E-state index contributed by atoms with van der Waals surface area (Å²) in [6.45, 7) is 7.43. The third kappa shape index (κ3) is 6.22. The van der Waals surface area contributed by atoms with Crippen molar-refractivity contribution in [3.8, 4) is 23.0 Å². The maximum absolute atomic E-state index is 13.1. The van der Waals surface area contributed by atoms with Gasteiger partial charge in [-0.2, -0.15) is 13.2 Å². The number of methoxy groups -OCH3 is 1. The van der Waals surface area contributed by atoms with Gasteiger partial charge in [-0.3, -0.25) is 0 Å². The number of fused-ring (bicyclic) bond motifs is 2. The summed E-state index contributed by atoms with van der Waals surface area (Å²) in [6, 6.07) is 9.95. The van der Waals surface area contributed by atoms with E-state index in [0.29, 0.717) is 23.1 Å². The Hall–Kier alpha value is -4.05. The summed E-state index contributed by atoms with van der Waals surface area (Å²) in [5.74, 6) is -1.41. The van der Waals surface area contributed by atoms with Crippen LogP contribution in [0.25, 0.3) is 0 Å². The number of alkyl halides is 3. The third-order valence-electron chi connectivity index (χ3n) is 6.22. The van der Waals surface area contributed by atoms with Crippen LogP contribution in [0.2, 0.25) is 0 Å². The second-order valence-electron chi connectivity index (χ2n) is 10.7. The maximum Gasteiger partial charge on any atom is 0.416 e. The first kappa shape index (κ1) is 28.9. The molecule has 1 aliphatic rings. The van der Waals surface area contributed by atoms with Crippen molar-refractivity contribution in [3.63, 3.8) is 0 Å². The zero-order valence-electron chi connectivity index (χ0n) is 22.6. The fourth-order valence-corrected chi connectivity index (χ4v) is 4.42. The Kier molecular flexibility index (Phi) is 7.85. The molecular weight excluding hydrogens is 529 g/mol. The lowest BCUT2D eigenvalue weighted by Gasteiger charge is -2.26. The van der Waals surface area contributed by atoms with Crippen molar-refractivity contribution in [1.29, 1.82) is 0 Å². The van der Waals surface area contributed by atoms with Gasteiger partial charge >= 0.3 is 18.1 Å². The Morgan fingerprint density at radius 1 is 1.07 bits per heavy atom. The number of esters is 2. The lowest BCUT2D eigenvalue weighted by Crippen LogP contribution is -2.17. The van der Waals surface area contributed by atoms with Gasteiger partial charge in [0, 0.05) is 11.1 Å². The number of ether oxygens (including phenoxy) is 4. The second kappa shape index (κ2) is 10.8. The Balaban J connectivity index is 1.73. The molecule has 0 saturated carbocycles. The second-order valence-corrected chi connectivity index (χ2v) is 10.7. The van der Waals surface area contributed by atoms with Gasteiger partial charge < -0.3 is 24.1 Å². The molecule has 1 atom stereocenters. The third-order valence-corrected chi connectivity index (χ3v) is 6.22. The summed E-state index contributed by atoms with van der Waals surface area (Å²) in [5.41, 5.74) is 0.202. The van der Waals surface area contributed by atoms with Crippen LogP contribution < -0.4 is 14.2 Å². The van der Waals surface area contributed by atoms with Gasteiger partial charge in [0.15, 0.2) is 11.5 Å². The number of hydrogen-bond donors (Lipinski definition) is 1. The molecule has 0 saturated heterocycles. The summed E-state index contributed by atoms with van der Waals surface area (Å²) in [4.78, 5) is 26.0. The number of carbonyl (C=O) groups excluding carboxylic acids is 2. The molecule has 0 unspecified atom stereocenters. The first-order chi connectivity index (χ1) is 18.7. The molecule has 1 N–H and O–H groups in total. The lowest BCUT2D eigenvalue weighted by molar-refractivity contribution is -0.137. The van der Waals surface area contributed by atoms with E-state index in [2.05, 4.69) is 0 Å². The van der Waals surface area contributed by atoms with Crippen LogP contribution in [0.1, 0.15) is 76.3 Å². The van der Waals surface area contributed by atoms with Crippen LogP contribution in [0, 0.1) is 12.3 Å². The van der Waals surface area contributed by atoms with Gasteiger partial charge in [0.1, 0.15) is 23.7 Å². The molecule has 212 valence electrons. The summed E-state index contributed by atoms with van der Waals surface area (Å²) in [7, 11) is 1.36. The van der Waals surface area contributed by atoms with Crippen molar-refractivity contribution < 1.29 is 46.8 Å². The Morgan fingerprint density at radius 2 is 1.75 bits per heavy atom. The quantitative estimate of drug-likeness (QED) is 0.262. The largest absolute Gasteiger partial charge is 0.495 e. The average molecular weight is 559 g/mol. The molecule has 0 aromatic heterocycles. The maximum atomic E-state index is 13.1. The summed E-state index contributed by atoms with van der Waals surface area (Å²) in [5, 5.41) is 10.9. The van der Waals surface area contributed by atoms with E-state index in [1.54, 1.807) is 19.1 Å². The van der Waals surface area contributed by atoms with Crippen LogP contribution >= 0.6 is 0 Å². The predicted molar refractivity (Wildman–Crippen MR) is 139 cm³/mol. The van der Waals surface area contributed by atoms with E-state index >= 15 is 0 Å². The summed E-state index contributed by atoms with van der Waals surface area (Å²) < 4.78 is 61.5. The first-order valence-electron chi connectivity index (χ1n) is 12.4. The highest BCUT2D eigenvalue weighted by Crippen LogP contribution is 2.45. The van der Waals surface area contributed by atoms with E-state index in [0.717, 1.165) is 24.3 Å². The lowest BCUT2D eigenvalue weighted by atomic mass is 9.86. The minimum absolute atomic E-state index is 0.0143. The van der Waals surface area contributed by atoms with Crippen molar-refractivity contribution in [2.45, 2.75) is 53.0 Å². The first-order valence-corrected chi connectivity index (χ1v) is 12.4. The van der Waals surface area contributed by atoms with Gasteiger partial charge in [-0.15, -0.1) is 0 Å². The molecule has 0 radical (unpaired) electrons. The van der Waals surface area contributed by atoms with Crippen LogP contribution in [0.3, 0.4) is 0 Å². The highest BCUT2D eigenvalue weighted by Gasteiger charge is 2.32. The normalized spacial score (nSPS) is 14.1. The van der Waals surface area contributed by atoms with Gasteiger partial charge in [-0.25, -0.2) is 9.59 Å². The zero-order chi connectivity index (χ0) is 29.4. The monoisotopic (exact) mass is 558 g/mol. The number of aliphatic hydroxyl groups excluding tert-OH is 1. The molecule has 1 heterocycles. The number of rotatable bonds is 5. The molecule has 0 bridgehead atoms. The molecule has 3 aromatic carbocycles. The molecule has 3 aromatic rings. The summed E-state index contributed by atoms with van der Waals surface area (Å²) in [6.07, 6.45) is -5.09. The highest BCUT2D eigenvalue weighted by atomic mass is 19.4. The van der Waals surface area contributed by atoms with Gasteiger partial charge in [0.05, 0.1) is 24.3 Å². The molecule has 10 heteroatoms. The van der Waals surface area contributed by atoms with Crippen LogP contribution in [-0.2, 0) is 17.5 Å². The average Bonchev–Trinajstić information content (AvgIpc) is 2.85. The van der Waals surface area contributed by atoms with Crippen molar-refractivity contribution in [3.05, 3.63) is 81.9 Å². The van der Waals surface area contributed by atoms with E-state index in [9.17, 15) is 27.9 Å². The van der Waals surface area contributed by atoms with Gasteiger partial charge in [-0.05, 0) is 72.9 Å². The van der Waals surface area contributed by atoms with Gasteiger partial charge in [0.25, 0.3) is 0 Å². The van der Waals surface area contributed by atoms with E-state index in [1.165, 1.54) is 19.2 Å². The Bertz CT molecular complexity index is 1440. The molecule has 0 fully saturated rings. The fourth-order valence-electron chi connectivity index (χ4n) is 4.42. The van der Waals surface area contributed by atoms with Gasteiger partial charge in [0.2, 0.25) is 0 Å². The topological polar surface area (TPSA) is 91.3 Å². The SMILES string of the molecule is COc1c([C@@H](O)CC(C)(C)C)ccc2c1C(=O)OCc1cc(C)cc(OC(=O)c3ccc(C(F)(F)F)cc3)c1O2. The van der Waals surface area contributed by atoms with Crippen molar-refractivity contribution >= 4 is 11.9 Å². The van der Waals surface area contributed by atoms with Crippen molar-refractivity contribution in [2.24, 2.45) is 5.41 Å². The van der Waals surface area contributed by atoms with Crippen LogP contribution in [0.5, 0.6) is 23.0 Å². The highest BCUT2D eigenvalue weighted by molar-refractivity contribution is 5.97. The van der Waals surface area contributed by atoms with E-state index < -0.39 is 29.8 Å². The number of hydrogen-bond acceptors (Lipinski definition) is 7. The minimum atomic E-state index is -4.54. The molecule has 40 heavy (non-hydrogen) atoms. The van der Waals surface area contributed by atoms with Crippen LogP contribution in [0.15, 0.2) is 48.5 Å². The number of carbonyl (C=O) groups is 2. The molecule has 0 spiro atoms. The van der Waals surface area contributed by atoms with E-state index in [-0.39, 0.29) is 46.1 Å². The zero-order valence-corrected chi connectivity index (χ0v) is 22.6. The van der Waals surface area contributed by atoms with E-state index in [4.69, 9.17) is 18.9 Å². The predicted octanol–water partition coefficient (Wildman–Crippen LogP) is 7.17. The van der Waals surface area contributed by atoms with Crippen molar-refractivity contribution in [2.75, 3.05) is 7.11 Å². The molecule has 7 nitrogen and oxygen atoms in total. The molecule has 4 rings (SSSR count). The fraction of sp³-hybridized carbons (Fsp3) is 0.333. The Morgan fingerprint density at radius 3 is 2.35 bits per heavy atom. The molecule has 0 amide bonds. The molecular formula is C30H29F3O7. The van der Waals surface area contributed by atoms with Crippen LogP contribution in [-0.4, -0.2) is 24.2 Å². The molecule has 0 aliphatic carbocycles. The standard InChI is InChI=1S/C30H29F3O7/c1-16-12-18-15-38-28(36)24-22(11-10-20(26(24)37-5)21(34)14-29(2,3)4)39-25(18)23(13-16)40-27(35)17-6-8-19(9-7-17)30(31,32)33/h6-13,21,34H,14-15H2,1-5H3/t21-/m0/s1. The van der Waals surface area contributed by atoms with Crippen LogP contribution in [0.4, 0.5) is 13.2 Å². The van der Waals surface area contributed by atoms with E-state index in [1.807, 2.05) is 20.8 Å². The number of cyclic esters (lactones) is 1. The molecule has 1 aliphatic heterocycles.